The number of oxazole rings is 1. The Morgan fingerprint density at radius 1 is 1.04 bits per heavy atom. The van der Waals surface area contributed by atoms with Crippen molar-refractivity contribution in [2.24, 2.45) is 0 Å². The van der Waals surface area contributed by atoms with Gasteiger partial charge in [0.2, 0.25) is 0 Å². The van der Waals surface area contributed by atoms with Crippen LogP contribution in [0.25, 0.3) is 22.0 Å². The lowest BCUT2D eigenvalue weighted by molar-refractivity contribution is 0.417. The highest BCUT2D eigenvalue weighted by atomic mass is 16.3. The molecule has 0 saturated heterocycles. The number of aryl methyl sites for hydroxylation is 2. The topological polar surface area (TPSA) is 77.0 Å². The number of unbranched alkanes of at least 4 members (excludes halogenated alkanes) is 3. The number of aromatic nitrogens is 2. The summed E-state index contributed by atoms with van der Waals surface area (Å²) >= 11 is 0. The first kappa shape index (κ1) is 20.6. The van der Waals surface area contributed by atoms with Crippen LogP contribution in [0, 0.1) is 0 Å². The number of pyridine rings is 1. The van der Waals surface area contributed by atoms with E-state index in [1.807, 2.05) is 0 Å². The van der Waals surface area contributed by atoms with E-state index in [-0.39, 0.29) is 5.54 Å². The van der Waals surface area contributed by atoms with Gasteiger partial charge in [0.25, 0.3) is 0 Å². The molecule has 28 heavy (non-hydrogen) atoms. The summed E-state index contributed by atoms with van der Waals surface area (Å²) in [5, 5.41) is 4.54. The highest BCUT2D eigenvalue weighted by Crippen LogP contribution is 2.29. The maximum atomic E-state index is 6.16. The average Bonchev–Trinajstić information content (AvgIpc) is 3.07. The van der Waals surface area contributed by atoms with E-state index in [4.69, 9.17) is 10.2 Å². The van der Waals surface area contributed by atoms with Crippen LogP contribution in [0.2, 0.25) is 0 Å². The minimum absolute atomic E-state index is 0.201. The van der Waals surface area contributed by atoms with Crippen LogP contribution in [-0.4, -0.2) is 22.1 Å². The van der Waals surface area contributed by atoms with Crippen LogP contribution >= 0.6 is 0 Å². The predicted molar refractivity (Wildman–Crippen MR) is 118 cm³/mol. The van der Waals surface area contributed by atoms with Crippen molar-refractivity contribution in [1.29, 1.82) is 0 Å². The van der Waals surface area contributed by atoms with E-state index in [1.165, 1.54) is 24.8 Å². The van der Waals surface area contributed by atoms with Crippen molar-refractivity contribution in [2.45, 2.75) is 78.2 Å². The summed E-state index contributed by atoms with van der Waals surface area (Å²) in [6.45, 7) is 9.86. The summed E-state index contributed by atoms with van der Waals surface area (Å²) in [5.74, 6) is 1.21. The number of nitrogens with zero attached hydrogens (tertiary/aromatic N) is 2. The third-order valence-electron chi connectivity index (χ3n) is 5.00. The standard InChI is InChI=1S/C23H34N4O/c1-5-6-11-19-27-20-21(28-19)17-13-12-16(15-18(17)26-22(20)24)10-8-7-9-14-25-23(2,3)4/h12-13,15,25H,5-11,14H2,1-4H3,(H2,24,26). The smallest absolute Gasteiger partial charge is 0.195 e. The van der Waals surface area contributed by atoms with Gasteiger partial charge in [-0.05, 0) is 70.7 Å². The first-order valence-corrected chi connectivity index (χ1v) is 10.6. The lowest BCUT2D eigenvalue weighted by Crippen LogP contribution is -2.36. The minimum Gasteiger partial charge on any atom is -0.440 e. The van der Waals surface area contributed by atoms with Crippen LogP contribution in [0.4, 0.5) is 5.82 Å². The molecule has 0 atom stereocenters. The Kier molecular flexibility index (Phi) is 6.55. The molecule has 2 aromatic heterocycles. The molecule has 0 saturated carbocycles. The largest absolute Gasteiger partial charge is 0.440 e. The molecule has 2 heterocycles. The van der Waals surface area contributed by atoms with Crippen LogP contribution in [0.3, 0.4) is 0 Å². The maximum Gasteiger partial charge on any atom is 0.195 e. The number of hydrogen-bond donors (Lipinski definition) is 2. The number of benzene rings is 1. The van der Waals surface area contributed by atoms with Crippen LogP contribution in [-0.2, 0) is 12.8 Å². The molecule has 0 aliphatic heterocycles. The zero-order chi connectivity index (χ0) is 20.1. The first-order valence-electron chi connectivity index (χ1n) is 10.6. The minimum atomic E-state index is 0.201. The van der Waals surface area contributed by atoms with E-state index in [0.29, 0.717) is 11.3 Å². The number of nitrogens with one attached hydrogen (secondary N) is 1. The molecular weight excluding hydrogens is 348 g/mol. The van der Waals surface area contributed by atoms with Gasteiger partial charge in [-0.2, -0.15) is 0 Å². The second-order valence-corrected chi connectivity index (χ2v) is 8.72. The van der Waals surface area contributed by atoms with Gasteiger partial charge in [0.1, 0.15) is 0 Å². The fourth-order valence-corrected chi connectivity index (χ4v) is 3.45. The Balaban J connectivity index is 1.67. The fraction of sp³-hybridized carbons (Fsp3) is 0.565. The summed E-state index contributed by atoms with van der Waals surface area (Å²) in [4.78, 5) is 9.15. The molecule has 0 bridgehead atoms. The lowest BCUT2D eigenvalue weighted by atomic mass is 10.0. The summed E-state index contributed by atoms with van der Waals surface area (Å²) in [6.07, 6.45) is 7.68. The normalized spacial score (nSPS) is 12.3. The first-order chi connectivity index (χ1) is 13.4. The Hall–Kier alpha value is -2.14. The monoisotopic (exact) mass is 382 g/mol. The molecule has 0 aliphatic rings. The van der Waals surface area contributed by atoms with Crippen molar-refractivity contribution >= 4 is 27.8 Å². The lowest BCUT2D eigenvalue weighted by Gasteiger charge is -2.20. The molecule has 0 aliphatic carbocycles. The van der Waals surface area contributed by atoms with E-state index >= 15 is 0 Å². The quantitative estimate of drug-likeness (QED) is 0.484. The highest BCUT2D eigenvalue weighted by molar-refractivity contribution is 6.04. The summed E-state index contributed by atoms with van der Waals surface area (Å²) in [5.41, 5.74) is 10.0. The third kappa shape index (κ3) is 5.22. The molecule has 5 heteroatoms. The molecule has 1 aromatic carbocycles. The number of nitrogen functional groups attached to an aromatic ring is 1. The number of hydrogen-bond acceptors (Lipinski definition) is 5. The van der Waals surface area contributed by atoms with Gasteiger partial charge in [0.05, 0.1) is 5.52 Å². The molecular formula is C23H34N4O. The Labute approximate surface area is 168 Å². The van der Waals surface area contributed by atoms with Gasteiger partial charge in [-0.25, -0.2) is 9.97 Å². The third-order valence-corrected chi connectivity index (χ3v) is 5.00. The Morgan fingerprint density at radius 3 is 2.61 bits per heavy atom. The van der Waals surface area contributed by atoms with Gasteiger partial charge < -0.3 is 15.5 Å². The zero-order valence-electron chi connectivity index (χ0n) is 17.8. The van der Waals surface area contributed by atoms with Gasteiger partial charge in [-0.15, -0.1) is 0 Å². The molecule has 152 valence electrons. The number of anilines is 1. The highest BCUT2D eigenvalue weighted by Gasteiger charge is 2.14. The van der Waals surface area contributed by atoms with E-state index < -0.39 is 0 Å². The molecule has 3 rings (SSSR count). The van der Waals surface area contributed by atoms with E-state index in [0.717, 1.165) is 54.6 Å². The van der Waals surface area contributed by atoms with Crippen LogP contribution in [0.1, 0.15) is 71.3 Å². The summed E-state index contributed by atoms with van der Waals surface area (Å²) in [6, 6.07) is 6.43. The van der Waals surface area contributed by atoms with Crippen LogP contribution < -0.4 is 11.1 Å². The number of rotatable bonds is 9. The van der Waals surface area contributed by atoms with Crippen molar-refractivity contribution in [2.75, 3.05) is 12.3 Å². The van der Waals surface area contributed by atoms with Crippen molar-refractivity contribution in [3.8, 4) is 0 Å². The van der Waals surface area contributed by atoms with Crippen LogP contribution in [0.15, 0.2) is 22.6 Å². The van der Waals surface area contributed by atoms with Crippen molar-refractivity contribution in [3.05, 3.63) is 29.7 Å². The molecule has 0 radical (unpaired) electrons. The molecule has 0 spiro atoms. The predicted octanol–water partition coefficient (Wildman–Crippen LogP) is 5.40. The van der Waals surface area contributed by atoms with Gasteiger partial charge in [-0.1, -0.05) is 25.8 Å². The average molecular weight is 383 g/mol. The number of fused-ring (bicyclic) bond motifs is 3. The van der Waals surface area contributed by atoms with E-state index in [1.54, 1.807) is 0 Å². The van der Waals surface area contributed by atoms with Crippen molar-refractivity contribution in [1.82, 2.24) is 15.3 Å². The van der Waals surface area contributed by atoms with Crippen molar-refractivity contribution in [3.63, 3.8) is 0 Å². The Bertz CT molecular complexity index is 924. The second kappa shape index (κ2) is 8.91. The second-order valence-electron chi connectivity index (χ2n) is 8.72. The van der Waals surface area contributed by atoms with Gasteiger partial charge in [-0.3, -0.25) is 0 Å². The summed E-state index contributed by atoms with van der Waals surface area (Å²) in [7, 11) is 0. The van der Waals surface area contributed by atoms with Crippen molar-refractivity contribution < 1.29 is 4.42 Å². The maximum absolute atomic E-state index is 6.16. The molecule has 0 amide bonds. The zero-order valence-corrected chi connectivity index (χ0v) is 17.8. The van der Waals surface area contributed by atoms with Gasteiger partial charge in [0.15, 0.2) is 22.8 Å². The SMILES string of the molecule is CCCCc1nc2c(N)nc3cc(CCCCCNC(C)(C)C)ccc3c2o1. The Morgan fingerprint density at radius 2 is 1.86 bits per heavy atom. The number of nitrogens with two attached hydrogens (primary N) is 1. The summed E-state index contributed by atoms with van der Waals surface area (Å²) < 4.78 is 6.02. The molecule has 3 N–H and O–H groups in total. The van der Waals surface area contributed by atoms with E-state index in [2.05, 4.69) is 61.2 Å². The molecule has 5 nitrogen and oxygen atoms in total. The fourth-order valence-electron chi connectivity index (χ4n) is 3.45. The molecule has 3 aromatic rings. The van der Waals surface area contributed by atoms with Gasteiger partial charge in [0, 0.05) is 17.3 Å². The molecule has 0 fully saturated rings. The van der Waals surface area contributed by atoms with Crippen LogP contribution in [0.5, 0.6) is 0 Å². The van der Waals surface area contributed by atoms with E-state index in [9.17, 15) is 0 Å². The van der Waals surface area contributed by atoms with Gasteiger partial charge >= 0.3 is 0 Å². The molecule has 0 unspecified atom stereocenters.